The van der Waals surface area contributed by atoms with E-state index in [4.69, 9.17) is 5.73 Å². The molecule has 0 bridgehead atoms. The fourth-order valence-electron chi connectivity index (χ4n) is 4.76. The summed E-state index contributed by atoms with van der Waals surface area (Å²) in [7, 11) is 0. The maximum atomic E-state index is 5.50. The maximum absolute atomic E-state index is 5.50. The molecule has 2 heteroatoms. The third kappa shape index (κ3) is 22.7. The van der Waals surface area contributed by atoms with E-state index in [2.05, 4.69) is 35.6 Å². The van der Waals surface area contributed by atoms with Crippen molar-refractivity contribution in [3.63, 3.8) is 0 Å². The van der Waals surface area contributed by atoms with Crippen LogP contribution in [0, 0.1) is 0 Å². The summed E-state index contributed by atoms with van der Waals surface area (Å²) < 4.78 is 0. The first-order chi connectivity index (χ1) is 16.4. The Labute approximate surface area is 207 Å². The highest BCUT2D eigenvalue weighted by Gasteiger charge is 1.96. The molecule has 0 saturated carbocycles. The van der Waals surface area contributed by atoms with Crippen molar-refractivity contribution in [2.24, 2.45) is 5.73 Å². The van der Waals surface area contributed by atoms with E-state index in [1.807, 2.05) is 0 Å². The molecular formula is C31H58N2. The van der Waals surface area contributed by atoms with Crippen LogP contribution in [0.4, 0.5) is 0 Å². The van der Waals surface area contributed by atoms with E-state index >= 15 is 0 Å². The summed E-state index contributed by atoms with van der Waals surface area (Å²) in [6.07, 6.45) is 31.2. The van der Waals surface area contributed by atoms with Crippen molar-refractivity contribution in [3.05, 3.63) is 35.9 Å². The third-order valence-corrected chi connectivity index (χ3v) is 6.97. The molecule has 0 saturated heterocycles. The van der Waals surface area contributed by atoms with Crippen molar-refractivity contribution in [2.45, 2.75) is 141 Å². The lowest BCUT2D eigenvalue weighted by Gasteiger charge is -2.05. The van der Waals surface area contributed by atoms with Gasteiger partial charge in [0.05, 0.1) is 0 Å². The molecule has 2 nitrogen and oxygen atoms in total. The Morgan fingerprint density at radius 1 is 0.424 bits per heavy atom. The molecule has 0 spiro atoms. The van der Waals surface area contributed by atoms with Crippen molar-refractivity contribution < 1.29 is 0 Å². The van der Waals surface area contributed by atoms with Gasteiger partial charge in [0.2, 0.25) is 0 Å². The van der Waals surface area contributed by atoms with Crippen LogP contribution in [0.15, 0.2) is 30.3 Å². The second-order valence-electron chi connectivity index (χ2n) is 10.2. The van der Waals surface area contributed by atoms with Gasteiger partial charge in [-0.25, -0.2) is 0 Å². The van der Waals surface area contributed by atoms with Crippen LogP contribution >= 0.6 is 0 Å². The van der Waals surface area contributed by atoms with E-state index in [1.54, 1.807) is 0 Å². The molecule has 0 aliphatic heterocycles. The zero-order valence-electron chi connectivity index (χ0n) is 22.1. The largest absolute Gasteiger partial charge is 0.330 e. The highest BCUT2D eigenvalue weighted by atomic mass is 14.8. The molecule has 192 valence electrons. The third-order valence-electron chi connectivity index (χ3n) is 6.97. The number of nitrogens with one attached hydrogen (secondary N) is 1. The fraction of sp³-hybridized carbons (Fsp3) is 0.806. The summed E-state index contributed by atoms with van der Waals surface area (Å²) >= 11 is 0. The average Bonchev–Trinajstić information content (AvgIpc) is 2.84. The van der Waals surface area contributed by atoms with Gasteiger partial charge in [-0.15, -0.1) is 0 Å². The molecule has 0 aliphatic rings. The monoisotopic (exact) mass is 458 g/mol. The Bertz CT molecular complexity index is 473. The highest BCUT2D eigenvalue weighted by Crippen LogP contribution is 2.15. The summed E-state index contributed by atoms with van der Waals surface area (Å²) in [5.74, 6) is 0. The van der Waals surface area contributed by atoms with Crippen LogP contribution in [-0.4, -0.2) is 19.6 Å². The molecule has 0 fully saturated rings. The number of benzene rings is 1. The van der Waals surface area contributed by atoms with Crippen LogP contribution < -0.4 is 11.1 Å². The second-order valence-corrected chi connectivity index (χ2v) is 10.2. The first-order valence-electron chi connectivity index (χ1n) is 14.9. The Kier molecular flexibility index (Phi) is 23.5. The molecule has 0 atom stereocenters. The zero-order valence-corrected chi connectivity index (χ0v) is 22.1. The Morgan fingerprint density at radius 2 is 0.788 bits per heavy atom. The molecule has 1 aromatic carbocycles. The molecule has 1 rings (SSSR count). The van der Waals surface area contributed by atoms with Gasteiger partial charge in [-0.1, -0.05) is 146 Å². The molecule has 0 radical (unpaired) electrons. The maximum Gasteiger partial charge on any atom is -0.00369 e. The quantitative estimate of drug-likeness (QED) is 0.136. The molecule has 0 heterocycles. The molecule has 0 aliphatic carbocycles. The van der Waals surface area contributed by atoms with Crippen LogP contribution in [0.3, 0.4) is 0 Å². The van der Waals surface area contributed by atoms with Crippen LogP contribution in [0.25, 0.3) is 0 Å². The van der Waals surface area contributed by atoms with Crippen LogP contribution in [0.1, 0.15) is 140 Å². The lowest BCUT2D eigenvalue weighted by molar-refractivity contribution is 0.518. The molecule has 1 aromatic rings. The van der Waals surface area contributed by atoms with E-state index in [0.717, 1.165) is 19.5 Å². The van der Waals surface area contributed by atoms with Crippen molar-refractivity contribution in [1.29, 1.82) is 0 Å². The second kappa shape index (κ2) is 25.8. The van der Waals surface area contributed by atoms with Crippen LogP contribution in [0.5, 0.6) is 0 Å². The summed E-state index contributed by atoms with van der Waals surface area (Å²) in [4.78, 5) is 0. The number of nitrogens with two attached hydrogens (primary N) is 1. The first kappa shape index (κ1) is 30.2. The standard InChI is InChI=1S/C31H58N2/c32-28-24-30-33-29-23-18-16-14-12-10-8-6-4-2-1-3-5-7-9-11-13-15-17-20-25-31-26-21-19-22-27-31/h19,21-22,26-27,33H,1-18,20,23-25,28-30,32H2. The van der Waals surface area contributed by atoms with Crippen molar-refractivity contribution in [2.75, 3.05) is 19.6 Å². The predicted molar refractivity (Wildman–Crippen MR) is 149 cm³/mol. The van der Waals surface area contributed by atoms with Crippen molar-refractivity contribution in [1.82, 2.24) is 5.32 Å². The zero-order chi connectivity index (χ0) is 23.5. The van der Waals surface area contributed by atoms with Gasteiger partial charge < -0.3 is 11.1 Å². The van der Waals surface area contributed by atoms with Gasteiger partial charge in [0.25, 0.3) is 0 Å². The van der Waals surface area contributed by atoms with E-state index in [0.29, 0.717) is 0 Å². The first-order valence-corrected chi connectivity index (χ1v) is 14.9. The summed E-state index contributed by atoms with van der Waals surface area (Å²) in [6.45, 7) is 3.08. The normalized spacial score (nSPS) is 11.3. The van der Waals surface area contributed by atoms with E-state index in [-0.39, 0.29) is 0 Å². The minimum atomic E-state index is 0.809. The minimum Gasteiger partial charge on any atom is -0.330 e. The van der Waals surface area contributed by atoms with Gasteiger partial charge in [-0.3, -0.25) is 0 Å². The topological polar surface area (TPSA) is 38.0 Å². The molecule has 33 heavy (non-hydrogen) atoms. The van der Waals surface area contributed by atoms with E-state index in [1.165, 1.54) is 147 Å². The Hall–Kier alpha value is -0.860. The summed E-state index contributed by atoms with van der Waals surface area (Å²) in [5.41, 5.74) is 7.00. The minimum absolute atomic E-state index is 0.809. The van der Waals surface area contributed by atoms with Gasteiger partial charge in [0.1, 0.15) is 0 Å². The molecule has 3 N–H and O–H groups in total. The highest BCUT2D eigenvalue weighted by molar-refractivity contribution is 5.14. The number of hydrogen-bond donors (Lipinski definition) is 2. The molecule has 0 unspecified atom stereocenters. The number of rotatable bonds is 26. The van der Waals surface area contributed by atoms with Gasteiger partial charge in [0, 0.05) is 0 Å². The van der Waals surface area contributed by atoms with Gasteiger partial charge in [0.15, 0.2) is 0 Å². The number of aryl methyl sites for hydroxylation is 1. The SMILES string of the molecule is NCCCNCCCCCCCCCCCCCCCCCCCCCCc1ccccc1. The molecule has 0 amide bonds. The Morgan fingerprint density at radius 3 is 1.21 bits per heavy atom. The lowest BCUT2D eigenvalue weighted by atomic mass is 10.0. The van der Waals surface area contributed by atoms with Crippen molar-refractivity contribution in [3.8, 4) is 0 Å². The van der Waals surface area contributed by atoms with Crippen LogP contribution in [0.2, 0.25) is 0 Å². The lowest BCUT2D eigenvalue weighted by Crippen LogP contribution is -2.19. The summed E-state index contributed by atoms with van der Waals surface area (Å²) in [5, 5.41) is 3.47. The van der Waals surface area contributed by atoms with Gasteiger partial charge >= 0.3 is 0 Å². The number of unbranched alkanes of at least 4 members (excludes halogenated alkanes) is 19. The average molecular weight is 459 g/mol. The van der Waals surface area contributed by atoms with E-state index < -0.39 is 0 Å². The summed E-state index contributed by atoms with van der Waals surface area (Å²) in [6, 6.07) is 10.9. The molecule has 0 aromatic heterocycles. The van der Waals surface area contributed by atoms with Crippen LogP contribution in [-0.2, 0) is 6.42 Å². The molecular weight excluding hydrogens is 400 g/mol. The van der Waals surface area contributed by atoms with Gasteiger partial charge in [-0.05, 0) is 50.9 Å². The van der Waals surface area contributed by atoms with E-state index in [9.17, 15) is 0 Å². The predicted octanol–water partition coefficient (Wildman–Crippen LogP) is 8.97. The smallest absolute Gasteiger partial charge is 0.00369 e. The van der Waals surface area contributed by atoms with Crippen molar-refractivity contribution >= 4 is 0 Å². The van der Waals surface area contributed by atoms with Gasteiger partial charge in [-0.2, -0.15) is 0 Å². The fourth-order valence-corrected chi connectivity index (χ4v) is 4.76. The Balaban J connectivity index is 1.64. The number of hydrogen-bond acceptors (Lipinski definition) is 2.